The summed E-state index contributed by atoms with van der Waals surface area (Å²) in [7, 11) is 0. The highest BCUT2D eigenvalue weighted by Gasteiger charge is 2.36. The average Bonchev–Trinajstić information content (AvgIpc) is 2.85. The Morgan fingerprint density at radius 1 is 1.40 bits per heavy atom. The molecule has 1 fully saturated rings. The number of anilines is 1. The lowest BCUT2D eigenvalue weighted by molar-refractivity contribution is -0.144. The number of piperidine rings is 1. The molecule has 2 rings (SSSR count). The first-order chi connectivity index (χ1) is 9.47. The molecule has 0 saturated carbocycles. The van der Waals surface area contributed by atoms with Crippen LogP contribution in [0.4, 0.5) is 18.3 Å². The molecule has 1 saturated heterocycles. The maximum absolute atomic E-state index is 12.3. The number of hydrogen-bond acceptors (Lipinski definition) is 5. The molecule has 1 aromatic heterocycles. The second kappa shape index (κ2) is 6.71. The predicted molar refractivity (Wildman–Crippen MR) is 72.9 cm³/mol. The zero-order valence-electron chi connectivity index (χ0n) is 11.4. The maximum Gasteiger partial charge on any atom is 0.452 e. The zero-order chi connectivity index (χ0) is 14.6. The average molecular weight is 308 g/mol. The quantitative estimate of drug-likeness (QED) is 0.848. The normalized spacial score (nSPS) is 21.1. The molecule has 1 N–H and O–H groups in total. The van der Waals surface area contributed by atoms with Gasteiger partial charge in [0.05, 0.1) is 0 Å². The lowest BCUT2D eigenvalue weighted by atomic mass is 10.0. The molecule has 1 aliphatic rings. The molecule has 114 valence electrons. The van der Waals surface area contributed by atoms with Crippen molar-refractivity contribution in [3.63, 3.8) is 0 Å². The van der Waals surface area contributed by atoms with E-state index in [-0.39, 0.29) is 5.13 Å². The number of aromatic nitrogens is 2. The van der Waals surface area contributed by atoms with Gasteiger partial charge in [0.25, 0.3) is 0 Å². The van der Waals surface area contributed by atoms with Crippen LogP contribution in [0.1, 0.15) is 38.4 Å². The Kier molecular flexibility index (Phi) is 5.20. The summed E-state index contributed by atoms with van der Waals surface area (Å²) in [6, 6.07) is 0.613. The van der Waals surface area contributed by atoms with Crippen LogP contribution in [-0.2, 0) is 6.18 Å². The molecule has 0 spiro atoms. The van der Waals surface area contributed by atoms with Crippen LogP contribution in [0.25, 0.3) is 0 Å². The van der Waals surface area contributed by atoms with E-state index in [1.165, 1.54) is 19.3 Å². The van der Waals surface area contributed by atoms with Gasteiger partial charge in [-0.1, -0.05) is 6.42 Å². The monoisotopic (exact) mass is 308 g/mol. The third kappa shape index (κ3) is 4.31. The highest BCUT2D eigenvalue weighted by Crippen LogP contribution is 2.28. The first-order valence-electron chi connectivity index (χ1n) is 6.85. The highest BCUT2D eigenvalue weighted by molar-refractivity contribution is 7.09. The Morgan fingerprint density at radius 2 is 2.20 bits per heavy atom. The molecule has 0 aliphatic carbocycles. The van der Waals surface area contributed by atoms with Crippen LogP contribution in [0.3, 0.4) is 0 Å². The van der Waals surface area contributed by atoms with Crippen molar-refractivity contribution in [3.8, 4) is 0 Å². The number of rotatable bonds is 5. The molecule has 4 nitrogen and oxygen atoms in total. The lowest BCUT2D eigenvalue weighted by Crippen LogP contribution is -2.38. The second-order valence-electron chi connectivity index (χ2n) is 5.08. The molecule has 1 unspecified atom stereocenters. The Labute approximate surface area is 120 Å². The fraction of sp³-hybridized carbons (Fsp3) is 0.833. The van der Waals surface area contributed by atoms with Crippen molar-refractivity contribution in [1.82, 2.24) is 14.3 Å². The van der Waals surface area contributed by atoms with Gasteiger partial charge in [-0.25, -0.2) is 0 Å². The first-order valence-corrected chi connectivity index (χ1v) is 7.63. The molecular formula is C12H19F3N4S. The summed E-state index contributed by atoms with van der Waals surface area (Å²) in [6.45, 7) is 4.94. The van der Waals surface area contributed by atoms with Crippen molar-refractivity contribution >= 4 is 16.7 Å². The lowest BCUT2D eigenvalue weighted by Gasteiger charge is -2.33. The van der Waals surface area contributed by atoms with Crippen LogP contribution in [-0.4, -0.2) is 39.9 Å². The van der Waals surface area contributed by atoms with Gasteiger partial charge in [0.2, 0.25) is 11.0 Å². The van der Waals surface area contributed by atoms with Gasteiger partial charge >= 0.3 is 6.18 Å². The maximum atomic E-state index is 12.3. The van der Waals surface area contributed by atoms with E-state index in [1.807, 2.05) is 0 Å². The van der Waals surface area contributed by atoms with E-state index < -0.39 is 12.0 Å². The van der Waals surface area contributed by atoms with Gasteiger partial charge in [-0.05, 0) is 32.7 Å². The Hall–Kier alpha value is -0.890. The Balaban J connectivity index is 1.69. The van der Waals surface area contributed by atoms with E-state index in [4.69, 9.17) is 0 Å². The molecule has 1 aliphatic heterocycles. The number of likely N-dealkylation sites (tertiary alicyclic amines) is 1. The van der Waals surface area contributed by atoms with Crippen molar-refractivity contribution in [2.75, 3.05) is 25.0 Å². The van der Waals surface area contributed by atoms with Crippen LogP contribution in [0.2, 0.25) is 0 Å². The summed E-state index contributed by atoms with van der Waals surface area (Å²) in [5, 5.41) is 3.15. The van der Waals surface area contributed by atoms with E-state index >= 15 is 0 Å². The fourth-order valence-electron chi connectivity index (χ4n) is 2.38. The van der Waals surface area contributed by atoms with E-state index in [0.29, 0.717) is 12.6 Å². The minimum Gasteiger partial charge on any atom is -0.360 e. The van der Waals surface area contributed by atoms with Crippen LogP contribution in [0.5, 0.6) is 0 Å². The van der Waals surface area contributed by atoms with Crippen LogP contribution in [0, 0.1) is 0 Å². The summed E-state index contributed by atoms with van der Waals surface area (Å²) in [5.74, 6) is -1.06. The van der Waals surface area contributed by atoms with Gasteiger partial charge in [-0.3, -0.25) is 0 Å². The van der Waals surface area contributed by atoms with Crippen molar-refractivity contribution in [1.29, 1.82) is 0 Å². The molecule has 0 bridgehead atoms. The minimum atomic E-state index is -4.46. The van der Waals surface area contributed by atoms with Gasteiger partial charge in [0.15, 0.2) is 0 Å². The van der Waals surface area contributed by atoms with E-state index in [1.54, 1.807) is 0 Å². The number of nitrogens with one attached hydrogen (secondary N) is 1. The molecular weight excluding hydrogens is 289 g/mol. The molecule has 20 heavy (non-hydrogen) atoms. The summed E-state index contributed by atoms with van der Waals surface area (Å²) >= 11 is 0.757. The van der Waals surface area contributed by atoms with Gasteiger partial charge in [0.1, 0.15) is 0 Å². The Morgan fingerprint density at radius 3 is 2.85 bits per heavy atom. The first kappa shape index (κ1) is 15.5. The van der Waals surface area contributed by atoms with Crippen LogP contribution < -0.4 is 5.32 Å². The van der Waals surface area contributed by atoms with Gasteiger partial charge in [-0.2, -0.15) is 22.5 Å². The smallest absolute Gasteiger partial charge is 0.360 e. The standard InChI is InChI=1S/C12H19F3N4S/c1-9-5-2-3-7-19(9)8-4-6-16-11-17-10(18-20-11)12(13,14)15/h9H,2-8H2,1H3,(H,16,17,18). The molecule has 2 heterocycles. The highest BCUT2D eigenvalue weighted by atomic mass is 32.1. The Bertz CT molecular complexity index is 421. The summed E-state index contributed by atoms with van der Waals surface area (Å²) in [6.07, 6.45) is 0.202. The number of hydrogen-bond donors (Lipinski definition) is 1. The molecule has 0 aromatic carbocycles. The fourth-order valence-corrected chi connectivity index (χ4v) is 2.99. The molecule has 0 radical (unpaired) electrons. The van der Waals surface area contributed by atoms with Crippen molar-refractivity contribution in [2.45, 2.75) is 44.8 Å². The van der Waals surface area contributed by atoms with E-state index in [9.17, 15) is 13.2 Å². The van der Waals surface area contributed by atoms with Gasteiger partial charge in [0, 0.05) is 30.7 Å². The zero-order valence-corrected chi connectivity index (χ0v) is 12.2. The molecule has 8 heteroatoms. The molecule has 0 amide bonds. The van der Waals surface area contributed by atoms with E-state index in [0.717, 1.165) is 31.0 Å². The predicted octanol–water partition coefficient (Wildman–Crippen LogP) is 3.23. The second-order valence-corrected chi connectivity index (χ2v) is 5.83. The van der Waals surface area contributed by atoms with Gasteiger partial charge in [-0.15, -0.1) is 0 Å². The summed E-state index contributed by atoms with van der Waals surface area (Å²) in [4.78, 5) is 5.88. The van der Waals surface area contributed by atoms with Crippen molar-refractivity contribution in [3.05, 3.63) is 5.82 Å². The van der Waals surface area contributed by atoms with Gasteiger partial charge < -0.3 is 10.2 Å². The summed E-state index contributed by atoms with van der Waals surface area (Å²) < 4.78 is 40.3. The SMILES string of the molecule is CC1CCCCN1CCCNc1nc(C(F)(F)F)ns1. The molecule has 1 aromatic rings. The topological polar surface area (TPSA) is 41.0 Å². The number of nitrogens with zero attached hydrogens (tertiary/aromatic N) is 3. The van der Waals surface area contributed by atoms with Crippen LogP contribution in [0.15, 0.2) is 0 Å². The molecule has 1 atom stereocenters. The summed E-state index contributed by atoms with van der Waals surface area (Å²) in [5.41, 5.74) is 0. The van der Waals surface area contributed by atoms with E-state index in [2.05, 4.69) is 26.5 Å². The number of halogens is 3. The number of alkyl halides is 3. The van der Waals surface area contributed by atoms with Crippen molar-refractivity contribution < 1.29 is 13.2 Å². The van der Waals surface area contributed by atoms with Crippen LogP contribution >= 0.6 is 11.5 Å². The minimum absolute atomic E-state index is 0.240. The largest absolute Gasteiger partial charge is 0.452 e. The van der Waals surface area contributed by atoms with Crippen molar-refractivity contribution in [2.24, 2.45) is 0 Å². The third-order valence-corrected chi connectivity index (χ3v) is 4.19. The third-order valence-electron chi connectivity index (χ3n) is 3.52.